The number of rotatable bonds is 6. The molecule has 0 spiro atoms. The molecule has 156 valence electrons. The SMILES string of the molecule is Cl.NC1=NC(c2cccc(CC(=O)c3cnc(C(F)F)cn3)c2)(C(F)F)COC1. The first-order valence-corrected chi connectivity index (χ1v) is 8.24. The van der Waals surface area contributed by atoms with E-state index in [0.717, 1.165) is 12.4 Å². The zero-order valence-electron chi connectivity index (χ0n) is 14.9. The summed E-state index contributed by atoms with van der Waals surface area (Å²) in [4.78, 5) is 23.5. The summed E-state index contributed by atoms with van der Waals surface area (Å²) in [7, 11) is 0. The highest BCUT2D eigenvalue weighted by molar-refractivity contribution is 5.95. The largest absolute Gasteiger partial charge is 0.385 e. The Labute approximate surface area is 169 Å². The molecular formula is C18H17ClF4N4O2. The monoisotopic (exact) mass is 432 g/mol. The molecule has 0 bridgehead atoms. The summed E-state index contributed by atoms with van der Waals surface area (Å²) in [5, 5.41) is 0. The zero-order valence-corrected chi connectivity index (χ0v) is 15.7. The van der Waals surface area contributed by atoms with Gasteiger partial charge in [0.2, 0.25) is 0 Å². The van der Waals surface area contributed by atoms with Crippen molar-refractivity contribution in [1.82, 2.24) is 9.97 Å². The summed E-state index contributed by atoms with van der Waals surface area (Å²) in [5.74, 6) is -0.526. The van der Waals surface area contributed by atoms with Gasteiger partial charge in [0.25, 0.3) is 12.9 Å². The van der Waals surface area contributed by atoms with Crippen molar-refractivity contribution in [2.45, 2.75) is 24.8 Å². The second-order valence-electron chi connectivity index (χ2n) is 6.25. The average Bonchev–Trinajstić information content (AvgIpc) is 2.68. The molecular weight excluding hydrogens is 416 g/mol. The molecule has 1 unspecified atom stereocenters. The number of nitrogens with two attached hydrogens (primary N) is 1. The number of hydrogen-bond donors (Lipinski definition) is 1. The van der Waals surface area contributed by atoms with Crippen molar-refractivity contribution in [2.75, 3.05) is 13.2 Å². The minimum absolute atomic E-state index is 0. The van der Waals surface area contributed by atoms with Gasteiger partial charge in [-0.15, -0.1) is 12.4 Å². The molecule has 0 aliphatic carbocycles. The molecule has 0 fully saturated rings. The van der Waals surface area contributed by atoms with E-state index in [2.05, 4.69) is 15.0 Å². The molecule has 29 heavy (non-hydrogen) atoms. The van der Waals surface area contributed by atoms with Gasteiger partial charge in [-0.3, -0.25) is 14.8 Å². The maximum atomic E-state index is 13.8. The molecule has 0 radical (unpaired) electrons. The fraction of sp³-hybridized carbons (Fsp3) is 0.333. The highest BCUT2D eigenvalue weighted by Gasteiger charge is 2.44. The highest BCUT2D eigenvalue weighted by atomic mass is 35.5. The maximum Gasteiger partial charge on any atom is 0.281 e. The number of aromatic nitrogens is 2. The molecule has 6 nitrogen and oxygen atoms in total. The lowest BCUT2D eigenvalue weighted by atomic mass is 9.89. The number of amidine groups is 1. The number of ether oxygens (including phenoxy) is 1. The molecule has 2 aromatic rings. The summed E-state index contributed by atoms with van der Waals surface area (Å²) >= 11 is 0. The van der Waals surface area contributed by atoms with E-state index in [0.29, 0.717) is 5.56 Å². The summed E-state index contributed by atoms with van der Waals surface area (Å²) in [5.41, 5.74) is 3.60. The average molecular weight is 433 g/mol. The van der Waals surface area contributed by atoms with Crippen molar-refractivity contribution in [3.05, 3.63) is 59.2 Å². The molecule has 3 rings (SSSR count). The van der Waals surface area contributed by atoms with Gasteiger partial charge in [0.15, 0.2) is 11.3 Å². The Morgan fingerprint density at radius 3 is 2.55 bits per heavy atom. The number of benzene rings is 1. The molecule has 0 saturated heterocycles. The van der Waals surface area contributed by atoms with Gasteiger partial charge in [0.1, 0.15) is 23.8 Å². The predicted octanol–water partition coefficient (Wildman–Crippen LogP) is 3.11. The van der Waals surface area contributed by atoms with E-state index >= 15 is 0 Å². The van der Waals surface area contributed by atoms with Crippen LogP contribution in [0.3, 0.4) is 0 Å². The third-order valence-corrected chi connectivity index (χ3v) is 4.25. The highest BCUT2D eigenvalue weighted by Crippen LogP contribution is 2.35. The smallest absolute Gasteiger partial charge is 0.281 e. The molecule has 1 atom stereocenters. The van der Waals surface area contributed by atoms with Crippen LogP contribution < -0.4 is 5.73 Å². The van der Waals surface area contributed by atoms with Crippen molar-refractivity contribution >= 4 is 24.0 Å². The van der Waals surface area contributed by atoms with E-state index in [1.54, 1.807) is 6.07 Å². The van der Waals surface area contributed by atoms with E-state index in [4.69, 9.17) is 10.5 Å². The molecule has 2 N–H and O–H groups in total. The summed E-state index contributed by atoms with van der Waals surface area (Å²) < 4.78 is 57.8. The van der Waals surface area contributed by atoms with Crippen LogP contribution in [0.1, 0.15) is 33.7 Å². The van der Waals surface area contributed by atoms with Gasteiger partial charge in [-0.1, -0.05) is 24.3 Å². The third-order valence-electron chi connectivity index (χ3n) is 4.25. The fourth-order valence-electron chi connectivity index (χ4n) is 2.84. The van der Waals surface area contributed by atoms with Crippen LogP contribution in [0, 0.1) is 0 Å². The van der Waals surface area contributed by atoms with Crippen molar-refractivity contribution in [3.63, 3.8) is 0 Å². The Morgan fingerprint density at radius 1 is 1.21 bits per heavy atom. The Hall–Kier alpha value is -2.59. The van der Waals surface area contributed by atoms with E-state index in [9.17, 15) is 22.4 Å². The molecule has 0 saturated carbocycles. The predicted molar refractivity (Wildman–Crippen MR) is 98.8 cm³/mol. The van der Waals surface area contributed by atoms with E-state index < -0.39 is 29.9 Å². The van der Waals surface area contributed by atoms with Crippen LogP contribution >= 0.6 is 12.4 Å². The lowest BCUT2D eigenvalue weighted by Crippen LogP contribution is -2.44. The standard InChI is InChI=1S/C18H16F4N4O2.ClH/c19-16(20)13-7-24-12(6-25-13)14(27)5-10-2-1-3-11(4-10)18(17(21)22)9-28-8-15(23)26-18;/h1-4,6-7,16-17H,5,8-9H2,(H2,23,26);1H. The second kappa shape index (κ2) is 9.27. The minimum atomic E-state index is -2.87. The molecule has 1 aromatic heterocycles. The molecule has 1 aliphatic rings. The van der Waals surface area contributed by atoms with Crippen molar-refractivity contribution in [1.29, 1.82) is 0 Å². The summed E-state index contributed by atoms with van der Waals surface area (Å²) in [6, 6.07) is 5.99. The normalized spacial score (nSPS) is 19.0. The van der Waals surface area contributed by atoms with Crippen molar-refractivity contribution in [3.8, 4) is 0 Å². The van der Waals surface area contributed by atoms with Crippen molar-refractivity contribution in [2.24, 2.45) is 10.7 Å². The number of hydrogen-bond acceptors (Lipinski definition) is 6. The zero-order chi connectivity index (χ0) is 20.3. The van der Waals surface area contributed by atoms with Gasteiger partial charge in [0, 0.05) is 6.42 Å². The van der Waals surface area contributed by atoms with Crippen LogP contribution in [0.2, 0.25) is 0 Å². The van der Waals surface area contributed by atoms with Crippen LogP contribution in [0.5, 0.6) is 0 Å². The van der Waals surface area contributed by atoms with Crippen LogP contribution in [0.4, 0.5) is 17.6 Å². The Kier molecular flexibility index (Phi) is 7.26. The van der Waals surface area contributed by atoms with Gasteiger partial charge < -0.3 is 10.5 Å². The quantitative estimate of drug-likeness (QED) is 0.559. The summed E-state index contributed by atoms with van der Waals surface area (Å²) in [6.45, 7) is -0.372. The molecule has 1 aliphatic heterocycles. The number of ketones is 1. The molecule has 0 amide bonds. The molecule has 11 heteroatoms. The third kappa shape index (κ3) is 4.88. The van der Waals surface area contributed by atoms with Crippen LogP contribution in [-0.4, -0.2) is 41.2 Å². The summed E-state index contributed by atoms with van der Waals surface area (Å²) in [6.07, 6.45) is -4.03. The van der Waals surface area contributed by atoms with E-state index in [-0.39, 0.29) is 49.1 Å². The first-order valence-electron chi connectivity index (χ1n) is 8.24. The fourth-order valence-corrected chi connectivity index (χ4v) is 2.84. The lowest BCUT2D eigenvalue weighted by molar-refractivity contribution is -0.0129. The molecule has 1 aromatic carbocycles. The number of halogens is 5. The van der Waals surface area contributed by atoms with E-state index in [1.807, 2.05) is 0 Å². The minimum Gasteiger partial charge on any atom is -0.385 e. The molecule has 2 heterocycles. The Balaban J connectivity index is 0.00000300. The van der Waals surface area contributed by atoms with E-state index in [1.165, 1.54) is 18.2 Å². The number of Topliss-reactive ketones (excluding diaryl/α,β-unsaturated/α-hetero) is 1. The first kappa shape index (κ1) is 22.7. The Bertz CT molecular complexity index is 896. The van der Waals surface area contributed by atoms with Gasteiger partial charge in [0.05, 0.1) is 19.0 Å². The topological polar surface area (TPSA) is 90.5 Å². The number of carbonyl (C=O) groups excluding carboxylic acids is 1. The van der Waals surface area contributed by atoms with Gasteiger partial charge in [-0.2, -0.15) is 0 Å². The number of carbonyl (C=O) groups is 1. The lowest BCUT2D eigenvalue weighted by Gasteiger charge is -2.33. The second-order valence-corrected chi connectivity index (χ2v) is 6.25. The Morgan fingerprint density at radius 2 is 1.97 bits per heavy atom. The van der Waals surface area contributed by atoms with Crippen LogP contribution in [0.25, 0.3) is 0 Å². The van der Waals surface area contributed by atoms with Gasteiger partial charge in [-0.05, 0) is 11.1 Å². The number of alkyl halides is 4. The first-order chi connectivity index (χ1) is 13.3. The number of nitrogens with zero attached hydrogens (tertiary/aromatic N) is 3. The maximum absolute atomic E-state index is 13.8. The van der Waals surface area contributed by atoms with Crippen molar-refractivity contribution < 1.29 is 27.1 Å². The van der Waals surface area contributed by atoms with Gasteiger partial charge >= 0.3 is 0 Å². The van der Waals surface area contributed by atoms with Crippen LogP contribution in [0.15, 0.2) is 41.7 Å². The number of aliphatic imine (C=N–C) groups is 1. The van der Waals surface area contributed by atoms with Crippen LogP contribution in [-0.2, 0) is 16.7 Å². The van der Waals surface area contributed by atoms with Gasteiger partial charge in [-0.25, -0.2) is 22.5 Å².